The highest BCUT2D eigenvalue weighted by Crippen LogP contribution is 2.32. The number of nitrogens with zero attached hydrogens (tertiary/aromatic N) is 2. The van der Waals surface area contributed by atoms with Crippen LogP contribution in [0.4, 0.5) is 4.39 Å². The normalized spacial score (nSPS) is 17.9. The van der Waals surface area contributed by atoms with Crippen LogP contribution in [0.15, 0.2) is 22.7 Å². The molecule has 114 valence electrons. The Kier molecular flexibility index (Phi) is 4.24. The predicted molar refractivity (Wildman–Crippen MR) is 81.8 cm³/mol. The summed E-state index contributed by atoms with van der Waals surface area (Å²) in [5.74, 6) is 0.929. The molecular formula is C17H23FN2O. The Morgan fingerprint density at radius 1 is 1.33 bits per heavy atom. The lowest BCUT2D eigenvalue weighted by molar-refractivity contribution is 0.199. The monoisotopic (exact) mass is 290 g/mol. The summed E-state index contributed by atoms with van der Waals surface area (Å²) >= 11 is 0. The molecular weight excluding hydrogens is 267 g/mol. The second-order valence-electron chi connectivity index (χ2n) is 6.51. The molecule has 1 aliphatic rings. The van der Waals surface area contributed by atoms with Crippen LogP contribution in [0.2, 0.25) is 0 Å². The maximum Gasteiger partial charge on any atom is 0.170 e. The second-order valence-corrected chi connectivity index (χ2v) is 6.51. The van der Waals surface area contributed by atoms with Crippen molar-refractivity contribution in [2.75, 3.05) is 19.6 Å². The quantitative estimate of drug-likeness (QED) is 0.845. The van der Waals surface area contributed by atoms with Crippen molar-refractivity contribution in [3.8, 4) is 0 Å². The number of benzene rings is 1. The number of halogens is 1. The molecule has 1 fully saturated rings. The fourth-order valence-corrected chi connectivity index (χ4v) is 3.10. The summed E-state index contributed by atoms with van der Waals surface area (Å²) in [5.41, 5.74) is 1.57. The lowest BCUT2D eigenvalue weighted by Gasteiger charge is -2.31. The minimum atomic E-state index is -0.270. The van der Waals surface area contributed by atoms with Gasteiger partial charge in [0.15, 0.2) is 5.58 Å². The van der Waals surface area contributed by atoms with Crippen LogP contribution in [-0.4, -0.2) is 29.7 Å². The molecule has 1 aromatic heterocycles. The van der Waals surface area contributed by atoms with E-state index in [1.54, 1.807) is 6.07 Å². The van der Waals surface area contributed by atoms with Crippen LogP contribution in [0, 0.1) is 11.7 Å². The lowest BCUT2D eigenvalue weighted by atomic mass is 9.91. The van der Waals surface area contributed by atoms with Gasteiger partial charge in [0.2, 0.25) is 0 Å². The van der Waals surface area contributed by atoms with Gasteiger partial charge in [-0.1, -0.05) is 19.0 Å². The summed E-state index contributed by atoms with van der Waals surface area (Å²) in [7, 11) is 0. The van der Waals surface area contributed by atoms with E-state index in [0.717, 1.165) is 42.9 Å². The molecule has 0 amide bonds. The Balaban J connectivity index is 1.66. The van der Waals surface area contributed by atoms with Crippen molar-refractivity contribution >= 4 is 11.0 Å². The van der Waals surface area contributed by atoms with Crippen LogP contribution < -0.4 is 0 Å². The second kappa shape index (κ2) is 6.14. The first-order valence-corrected chi connectivity index (χ1v) is 7.90. The number of aromatic nitrogens is 1. The molecule has 0 unspecified atom stereocenters. The van der Waals surface area contributed by atoms with Gasteiger partial charge in [0.25, 0.3) is 0 Å². The summed E-state index contributed by atoms with van der Waals surface area (Å²) in [4.78, 5) is 2.54. The Hall–Kier alpha value is -1.42. The topological polar surface area (TPSA) is 29.3 Å². The Morgan fingerprint density at radius 2 is 2.10 bits per heavy atom. The van der Waals surface area contributed by atoms with Crippen LogP contribution in [0.25, 0.3) is 11.0 Å². The van der Waals surface area contributed by atoms with Gasteiger partial charge in [-0.2, -0.15) is 0 Å². The summed E-state index contributed by atoms with van der Waals surface area (Å²) in [5, 5.41) is 5.17. The molecule has 0 bridgehead atoms. The van der Waals surface area contributed by atoms with Gasteiger partial charge < -0.3 is 9.42 Å². The SMILES string of the molecule is CC(C)CCN1CCC(c2noc3cc(F)ccc23)CC1. The van der Waals surface area contributed by atoms with Crippen molar-refractivity contribution in [1.29, 1.82) is 0 Å². The molecule has 2 heterocycles. The van der Waals surface area contributed by atoms with Crippen molar-refractivity contribution < 1.29 is 8.91 Å². The third kappa shape index (κ3) is 3.26. The third-order valence-corrected chi connectivity index (χ3v) is 4.46. The fraction of sp³-hybridized carbons (Fsp3) is 0.588. The van der Waals surface area contributed by atoms with Crippen molar-refractivity contribution in [1.82, 2.24) is 10.1 Å². The molecule has 3 nitrogen and oxygen atoms in total. The average Bonchev–Trinajstić information content (AvgIpc) is 2.88. The number of rotatable bonds is 4. The molecule has 0 atom stereocenters. The maximum absolute atomic E-state index is 13.2. The van der Waals surface area contributed by atoms with Crippen LogP contribution in [-0.2, 0) is 0 Å². The van der Waals surface area contributed by atoms with Crippen molar-refractivity contribution in [3.63, 3.8) is 0 Å². The third-order valence-electron chi connectivity index (χ3n) is 4.46. The predicted octanol–water partition coefficient (Wildman–Crippen LogP) is 4.19. The summed E-state index contributed by atoms with van der Waals surface area (Å²) < 4.78 is 18.5. The van der Waals surface area contributed by atoms with E-state index in [9.17, 15) is 4.39 Å². The van der Waals surface area contributed by atoms with Crippen molar-refractivity contribution in [3.05, 3.63) is 29.7 Å². The molecule has 0 radical (unpaired) electrons. The van der Waals surface area contributed by atoms with Crippen molar-refractivity contribution in [2.24, 2.45) is 5.92 Å². The zero-order valence-electron chi connectivity index (χ0n) is 12.8. The maximum atomic E-state index is 13.2. The molecule has 2 aromatic rings. The van der Waals surface area contributed by atoms with Gasteiger partial charge in [0.05, 0.1) is 5.69 Å². The molecule has 3 rings (SSSR count). The van der Waals surface area contributed by atoms with Gasteiger partial charge in [-0.25, -0.2) is 4.39 Å². The fourth-order valence-electron chi connectivity index (χ4n) is 3.10. The van der Waals surface area contributed by atoms with Gasteiger partial charge in [-0.15, -0.1) is 0 Å². The highest BCUT2D eigenvalue weighted by Gasteiger charge is 2.24. The van der Waals surface area contributed by atoms with E-state index in [1.807, 2.05) is 0 Å². The molecule has 1 aromatic carbocycles. The standard InChI is InChI=1S/C17H23FN2O/c1-12(2)5-8-20-9-6-13(7-10-20)17-15-4-3-14(18)11-16(15)21-19-17/h3-4,11-13H,5-10H2,1-2H3. The zero-order chi connectivity index (χ0) is 14.8. The van der Waals surface area contributed by atoms with Crippen molar-refractivity contribution in [2.45, 2.75) is 39.0 Å². The summed E-state index contributed by atoms with van der Waals surface area (Å²) in [6, 6.07) is 4.70. The minimum absolute atomic E-state index is 0.270. The largest absolute Gasteiger partial charge is 0.356 e. The number of hydrogen-bond donors (Lipinski definition) is 0. The highest BCUT2D eigenvalue weighted by molar-refractivity contribution is 5.79. The minimum Gasteiger partial charge on any atom is -0.356 e. The van der Waals surface area contributed by atoms with Crippen LogP contribution in [0.1, 0.15) is 44.7 Å². The molecule has 0 saturated carbocycles. The Bertz CT molecular complexity index is 600. The molecule has 4 heteroatoms. The van der Waals surface area contributed by atoms with E-state index in [2.05, 4.69) is 23.9 Å². The van der Waals surface area contributed by atoms with E-state index in [1.165, 1.54) is 25.1 Å². The number of piperidine rings is 1. The number of fused-ring (bicyclic) bond motifs is 1. The molecule has 1 saturated heterocycles. The van der Waals surface area contributed by atoms with E-state index in [4.69, 9.17) is 4.52 Å². The Morgan fingerprint density at radius 3 is 2.81 bits per heavy atom. The van der Waals surface area contributed by atoms with Crippen LogP contribution in [0.3, 0.4) is 0 Å². The smallest absolute Gasteiger partial charge is 0.170 e. The highest BCUT2D eigenvalue weighted by atomic mass is 19.1. The zero-order valence-corrected chi connectivity index (χ0v) is 12.8. The average molecular weight is 290 g/mol. The molecule has 1 aliphatic heterocycles. The van der Waals surface area contributed by atoms with E-state index in [-0.39, 0.29) is 5.82 Å². The lowest BCUT2D eigenvalue weighted by Crippen LogP contribution is -2.34. The van der Waals surface area contributed by atoms with Gasteiger partial charge in [0, 0.05) is 17.4 Å². The summed E-state index contributed by atoms with van der Waals surface area (Å²) in [6.07, 6.45) is 3.48. The van der Waals surface area contributed by atoms with Gasteiger partial charge in [0.1, 0.15) is 5.82 Å². The molecule has 0 aliphatic carbocycles. The van der Waals surface area contributed by atoms with Crippen LogP contribution in [0.5, 0.6) is 0 Å². The van der Waals surface area contributed by atoms with E-state index < -0.39 is 0 Å². The number of hydrogen-bond acceptors (Lipinski definition) is 3. The van der Waals surface area contributed by atoms with Gasteiger partial charge in [-0.3, -0.25) is 0 Å². The van der Waals surface area contributed by atoms with E-state index >= 15 is 0 Å². The molecule has 0 spiro atoms. The first-order valence-electron chi connectivity index (χ1n) is 7.90. The Labute approximate surface area is 125 Å². The first kappa shape index (κ1) is 14.5. The summed E-state index contributed by atoms with van der Waals surface area (Å²) in [6.45, 7) is 7.97. The van der Waals surface area contributed by atoms with Gasteiger partial charge >= 0.3 is 0 Å². The first-order chi connectivity index (χ1) is 10.1. The molecule has 21 heavy (non-hydrogen) atoms. The van der Waals surface area contributed by atoms with Crippen LogP contribution >= 0.6 is 0 Å². The number of likely N-dealkylation sites (tertiary alicyclic amines) is 1. The molecule has 0 N–H and O–H groups in total. The van der Waals surface area contributed by atoms with Gasteiger partial charge in [-0.05, 0) is 56.9 Å². The van der Waals surface area contributed by atoms with E-state index in [0.29, 0.717) is 11.5 Å².